The molecule has 0 saturated heterocycles. The lowest BCUT2D eigenvalue weighted by atomic mass is 10.0. The summed E-state index contributed by atoms with van der Waals surface area (Å²) in [6.45, 7) is 10.7. The van der Waals surface area contributed by atoms with Gasteiger partial charge in [0, 0.05) is 13.5 Å². The van der Waals surface area contributed by atoms with Crippen LogP contribution in [0.15, 0.2) is 0 Å². The topological polar surface area (TPSA) is 47.6 Å². The Bertz CT molecular complexity index is 195. The smallest absolute Gasteiger partial charge is 0.217 e. The van der Waals surface area contributed by atoms with Crippen LogP contribution in [0.25, 0.3) is 0 Å². The second kappa shape index (κ2) is 8.53. The monoisotopic (exact) mass is 231 g/mol. The van der Waals surface area contributed by atoms with Gasteiger partial charge in [-0.05, 0) is 26.2 Å². The fourth-order valence-electron chi connectivity index (χ4n) is 1.56. The zero-order valence-electron chi connectivity index (χ0n) is 11.1. The summed E-state index contributed by atoms with van der Waals surface area (Å²) < 4.78 is 10.8. The highest BCUT2D eigenvalue weighted by Crippen LogP contribution is 2.06. The first-order chi connectivity index (χ1) is 7.45. The van der Waals surface area contributed by atoms with Crippen LogP contribution in [0.3, 0.4) is 0 Å². The minimum absolute atomic E-state index is 0.0155. The third kappa shape index (κ3) is 8.68. The molecular weight excluding hydrogens is 206 g/mol. The van der Waals surface area contributed by atoms with Gasteiger partial charge in [0.05, 0.1) is 12.6 Å². The van der Waals surface area contributed by atoms with E-state index in [1.165, 1.54) is 6.92 Å². The van der Waals surface area contributed by atoms with Crippen molar-refractivity contribution in [3.8, 4) is 0 Å². The average molecular weight is 231 g/mol. The Morgan fingerprint density at radius 1 is 1.25 bits per heavy atom. The Kier molecular flexibility index (Phi) is 8.21. The summed E-state index contributed by atoms with van der Waals surface area (Å²) in [6, 6.07) is 0.0698. The van der Waals surface area contributed by atoms with Crippen molar-refractivity contribution in [2.75, 3.05) is 13.2 Å². The van der Waals surface area contributed by atoms with E-state index in [1.54, 1.807) is 0 Å². The third-order valence-corrected chi connectivity index (χ3v) is 2.10. The Hall–Kier alpha value is -0.610. The highest BCUT2D eigenvalue weighted by atomic mass is 16.7. The van der Waals surface area contributed by atoms with E-state index >= 15 is 0 Å². The van der Waals surface area contributed by atoms with Crippen molar-refractivity contribution >= 4 is 5.91 Å². The molecule has 1 N–H and O–H groups in total. The fourth-order valence-corrected chi connectivity index (χ4v) is 1.56. The highest BCUT2D eigenvalue weighted by Gasteiger charge is 2.13. The molecule has 0 bridgehead atoms. The van der Waals surface area contributed by atoms with Gasteiger partial charge >= 0.3 is 0 Å². The molecule has 0 aromatic rings. The molecule has 0 spiro atoms. The van der Waals surface area contributed by atoms with E-state index in [0.717, 1.165) is 6.42 Å². The molecule has 0 aromatic carbocycles. The molecule has 2 atom stereocenters. The predicted molar refractivity (Wildman–Crippen MR) is 64.1 cm³/mol. The van der Waals surface area contributed by atoms with Gasteiger partial charge in [0.1, 0.15) is 0 Å². The number of carbonyl (C=O) groups is 1. The van der Waals surface area contributed by atoms with Crippen LogP contribution in [-0.2, 0) is 14.3 Å². The van der Waals surface area contributed by atoms with Gasteiger partial charge < -0.3 is 14.8 Å². The maximum Gasteiger partial charge on any atom is 0.217 e. The average Bonchev–Trinajstić information content (AvgIpc) is 2.13. The molecule has 1 amide bonds. The van der Waals surface area contributed by atoms with E-state index in [9.17, 15) is 4.79 Å². The van der Waals surface area contributed by atoms with Gasteiger partial charge in [-0.25, -0.2) is 0 Å². The fraction of sp³-hybridized carbons (Fsp3) is 0.917. The standard InChI is InChI=1S/C12H25NO3/c1-6-15-11(5)16-8-12(7-9(2)3)13-10(4)14/h9,11-12H,6-8H2,1-5H3,(H,13,14). The van der Waals surface area contributed by atoms with Gasteiger partial charge in [-0.3, -0.25) is 4.79 Å². The number of hydrogen-bond donors (Lipinski definition) is 1. The van der Waals surface area contributed by atoms with Crippen molar-refractivity contribution in [3.05, 3.63) is 0 Å². The normalized spacial score (nSPS) is 14.9. The molecule has 4 heteroatoms. The molecule has 16 heavy (non-hydrogen) atoms. The number of nitrogens with one attached hydrogen (secondary N) is 1. The molecule has 0 heterocycles. The van der Waals surface area contributed by atoms with E-state index < -0.39 is 0 Å². The zero-order chi connectivity index (χ0) is 12.6. The SMILES string of the molecule is CCOC(C)OCC(CC(C)C)NC(C)=O. The first-order valence-electron chi connectivity index (χ1n) is 5.96. The van der Waals surface area contributed by atoms with Crippen LogP contribution in [0.1, 0.15) is 41.0 Å². The number of carbonyl (C=O) groups excluding carboxylic acids is 1. The van der Waals surface area contributed by atoms with Crippen LogP contribution in [0.5, 0.6) is 0 Å². The summed E-state index contributed by atoms with van der Waals surface area (Å²) in [7, 11) is 0. The van der Waals surface area contributed by atoms with E-state index in [4.69, 9.17) is 9.47 Å². The molecule has 0 aromatic heterocycles. The van der Waals surface area contributed by atoms with Gasteiger partial charge in [0.25, 0.3) is 0 Å². The molecule has 0 rings (SSSR count). The number of ether oxygens (including phenoxy) is 2. The quantitative estimate of drug-likeness (QED) is 0.649. The summed E-state index contributed by atoms with van der Waals surface area (Å²) in [6.07, 6.45) is 0.701. The first kappa shape index (κ1) is 15.4. The minimum Gasteiger partial charge on any atom is -0.353 e. The van der Waals surface area contributed by atoms with E-state index in [-0.39, 0.29) is 18.2 Å². The van der Waals surface area contributed by atoms with Crippen LogP contribution in [0.2, 0.25) is 0 Å². The Morgan fingerprint density at radius 3 is 2.31 bits per heavy atom. The number of hydrogen-bond acceptors (Lipinski definition) is 3. The van der Waals surface area contributed by atoms with Crippen LogP contribution >= 0.6 is 0 Å². The molecule has 0 fully saturated rings. The van der Waals surface area contributed by atoms with E-state index in [0.29, 0.717) is 19.1 Å². The van der Waals surface area contributed by atoms with Crippen LogP contribution in [0.4, 0.5) is 0 Å². The summed E-state index contributed by atoms with van der Waals surface area (Å²) in [5.41, 5.74) is 0. The Balaban J connectivity index is 3.95. The van der Waals surface area contributed by atoms with Crippen molar-refractivity contribution in [2.24, 2.45) is 5.92 Å². The maximum atomic E-state index is 11.0. The molecule has 96 valence electrons. The summed E-state index contributed by atoms with van der Waals surface area (Å²) in [4.78, 5) is 11.0. The third-order valence-electron chi connectivity index (χ3n) is 2.10. The van der Waals surface area contributed by atoms with Crippen molar-refractivity contribution in [1.82, 2.24) is 5.32 Å². The van der Waals surface area contributed by atoms with Crippen molar-refractivity contribution in [1.29, 1.82) is 0 Å². The lowest BCUT2D eigenvalue weighted by Crippen LogP contribution is -2.38. The van der Waals surface area contributed by atoms with Gasteiger partial charge in [0.15, 0.2) is 6.29 Å². The largest absolute Gasteiger partial charge is 0.353 e. The highest BCUT2D eigenvalue weighted by molar-refractivity contribution is 5.73. The maximum absolute atomic E-state index is 11.0. The van der Waals surface area contributed by atoms with Crippen molar-refractivity contribution in [2.45, 2.75) is 53.4 Å². The van der Waals surface area contributed by atoms with Gasteiger partial charge in [-0.2, -0.15) is 0 Å². The number of amides is 1. The minimum atomic E-state index is -0.214. The molecule has 0 aliphatic heterocycles. The summed E-state index contributed by atoms with van der Waals surface area (Å²) >= 11 is 0. The predicted octanol–water partition coefficient (Wildman–Crippen LogP) is 1.94. The zero-order valence-corrected chi connectivity index (χ0v) is 11.1. The second-order valence-corrected chi connectivity index (χ2v) is 4.38. The molecule has 4 nitrogen and oxygen atoms in total. The lowest BCUT2D eigenvalue weighted by Gasteiger charge is -2.22. The van der Waals surface area contributed by atoms with Gasteiger partial charge in [0.2, 0.25) is 5.91 Å². The Labute approximate surface area is 98.7 Å². The van der Waals surface area contributed by atoms with Crippen LogP contribution in [-0.4, -0.2) is 31.5 Å². The van der Waals surface area contributed by atoms with Gasteiger partial charge in [-0.1, -0.05) is 13.8 Å². The number of rotatable bonds is 8. The van der Waals surface area contributed by atoms with Crippen molar-refractivity contribution < 1.29 is 14.3 Å². The van der Waals surface area contributed by atoms with Gasteiger partial charge in [-0.15, -0.1) is 0 Å². The Morgan fingerprint density at radius 2 is 1.88 bits per heavy atom. The molecule has 2 unspecified atom stereocenters. The second-order valence-electron chi connectivity index (χ2n) is 4.38. The van der Waals surface area contributed by atoms with Crippen molar-refractivity contribution in [3.63, 3.8) is 0 Å². The molecule has 0 aliphatic rings. The first-order valence-corrected chi connectivity index (χ1v) is 5.96. The van der Waals surface area contributed by atoms with Crippen LogP contribution < -0.4 is 5.32 Å². The van der Waals surface area contributed by atoms with E-state index in [2.05, 4.69) is 19.2 Å². The molecule has 0 aliphatic carbocycles. The van der Waals surface area contributed by atoms with E-state index in [1.807, 2.05) is 13.8 Å². The lowest BCUT2D eigenvalue weighted by molar-refractivity contribution is -0.136. The molecule has 0 saturated carbocycles. The summed E-state index contributed by atoms with van der Waals surface area (Å²) in [5.74, 6) is 0.515. The molecule has 0 radical (unpaired) electrons. The van der Waals surface area contributed by atoms with Crippen LogP contribution in [0, 0.1) is 5.92 Å². The summed E-state index contributed by atoms with van der Waals surface area (Å²) in [5, 5.41) is 2.89. The molecular formula is C12H25NO3.